The number of rotatable bonds is 3. The van der Waals surface area contributed by atoms with Crippen molar-refractivity contribution in [3.63, 3.8) is 0 Å². The molecular weight excluding hydrogens is 250 g/mol. The van der Waals surface area contributed by atoms with Gasteiger partial charge in [0, 0.05) is 17.1 Å². The molecule has 0 atom stereocenters. The Morgan fingerprint density at radius 3 is 2.15 bits per heavy atom. The van der Waals surface area contributed by atoms with E-state index in [4.69, 9.17) is 9.47 Å². The number of ether oxygens (including phenoxy) is 2. The Bertz CT molecular complexity index is 736. The summed E-state index contributed by atoms with van der Waals surface area (Å²) in [7, 11) is 3.33. The smallest absolute Gasteiger partial charge is 0.119 e. The van der Waals surface area contributed by atoms with Gasteiger partial charge >= 0.3 is 0 Å². The summed E-state index contributed by atoms with van der Waals surface area (Å²) in [5, 5.41) is 1.07. The van der Waals surface area contributed by atoms with Gasteiger partial charge in [0.05, 0.1) is 19.7 Å². The highest BCUT2D eigenvalue weighted by Gasteiger charge is 2.03. The second kappa shape index (κ2) is 5.21. The summed E-state index contributed by atoms with van der Waals surface area (Å²) >= 11 is 0. The Morgan fingerprint density at radius 1 is 0.750 bits per heavy atom. The summed E-state index contributed by atoms with van der Waals surface area (Å²) in [5.74, 6) is 1.69. The summed E-state index contributed by atoms with van der Waals surface area (Å²) in [5.41, 5.74) is 3.15. The third-order valence-electron chi connectivity index (χ3n) is 3.31. The van der Waals surface area contributed by atoms with Gasteiger partial charge in [-0.3, -0.25) is 4.98 Å². The zero-order valence-corrected chi connectivity index (χ0v) is 11.5. The summed E-state index contributed by atoms with van der Waals surface area (Å²) in [4.78, 5) is 4.49. The molecule has 1 heterocycles. The highest BCUT2D eigenvalue weighted by Crippen LogP contribution is 2.26. The van der Waals surface area contributed by atoms with Crippen LogP contribution in [-0.2, 0) is 0 Å². The lowest BCUT2D eigenvalue weighted by Crippen LogP contribution is -1.86. The first kappa shape index (κ1) is 12.5. The molecule has 0 fully saturated rings. The number of nitrogens with zero attached hydrogens (tertiary/aromatic N) is 1. The van der Waals surface area contributed by atoms with Crippen molar-refractivity contribution < 1.29 is 9.47 Å². The molecule has 3 nitrogen and oxygen atoms in total. The van der Waals surface area contributed by atoms with Gasteiger partial charge < -0.3 is 9.47 Å². The van der Waals surface area contributed by atoms with E-state index in [2.05, 4.69) is 11.1 Å². The van der Waals surface area contributed by atoms with Crippen molar-refractivity contribution in [1.29, 1.82) is 0 Å². The molecule has 0 saturated carbocycles. The third-order valence-corrected chi connectivity index (χ3v) is 3.31. The average molecular weight is 265 g/mol. The number of hydrogen-bond acceptors (Lipinski definition) is 3. The van der Waals surface area contributed by atoms with Crippen molar-refractivity contribution in [3.8, 4) is 22.6 Å². The molecule has 3 aromatic rings. The quantitative estimate of drug-likeness (QED) is 0.719. The van der Waals surface area contributed by atoms with Crippen LogP contribution in [0, 0.1) is 0 Å². The molecule has 0 radical (unpaired) electrons. The molecule has 3 heteroatoms. The van der Waals surface area contributed by atoms with Crippen LogP contribution in [0.1, 0.15) is 0 Å². The van der Waals surface area contributed by atoms with Crippen LogP contribution in [0.4, 0.5) is 0 Å². The second-order valence-corrected chi connectivity index (χ2v) is 4.51. The zero-order chi connectivity index (χ0) is 13.9. The molecule has 0 saturated heterocycles. The summed E-state index contributed by atoms with van der Waals surface area (Å²) in [6, 6.07) is 16.0. The molecule has 2 aromatic carbocycles. The van der Waals surface area contributed by atoms with E-state index < -0.39 is 0 Å². The minimum absolute atomic E-state index is 0.839. The highest BCUT2D eigenvalue weighted by atomic mass is 16.5. The number of pyridine rings is 1. The fourth-order valence-corrected chi connectivity index (χ4v) is 2.18. The molecule has 100 valence electrons. The monoisotopic (exact) mass is 265 g/mol. The third kappa shape index (κ3) is 2.30. The van der Waals surface area contributed by atoms with Crippen molar-refractivity contribution >= 4 is 10.9 Å². The van der Waals surface area contributed by atoms with Gasteiger partial charge in [0.2, 0.25) is 0 Å². The Morgan fingerprint density at radius 2 is 1.45 bits per heavy atom. The van der Waals surface area contributed by atoms with Gasteiger partial charge in [-0.1, -0.05) is 12.1 Å². The number of benzene rings is 2. The van der Waals surface area contributed by atoms with E-state index in [9.17, 15) is 0 Å². The van der Waals surface area contributed by atoms with Gasteiger partial charge in [-0.2, -0.15) is 0 Å². The van der Waals surface area contributed by atoms with E-state index in [1.807, 2.05) is 48.7 Å². The predicted molar refractivity (Wildman–Crippen MR) is 80.3 cm³/mol. The number of aromatic nitrogens is 1. The van der Waals surface area contributed by atoms with Crippen LogP contribution in [0.2, 0.25) is 0 Å². The van der Waals surface area contributed by atoms with E-state index in [1.54, 1.807) is 14.2 Å². The van der Waals surface area contributed by atoms with Gasteiger partial charge in [0.25, 0.3) is 0 Å². The van der Waals surface area contributed by atoms with Crippen LogP contribution in [-0.4, -0.2) is 19.2 Å². The fraction of sp³-hybridized carbons (Fsp3) is 0.118. The molecule has 0 aliphatic heterocycles. The van der Waals surface area contributed by atoms with Gasteiger partial charge in [-0.25, -0.2) is 0 Å². The van der Waals surface area contributed by atoms with Crippen molar-refractivity contribution in [2.45, 2.75) is 0 Å². The first-order valence-corrected chi connectivity index (χ1v) is 6.38. The van der Waals surface area contributed by atoms with E-state index in [-0.39, 0.29) is 0 Å². The van der Waals surface area contributed by atoms with Crippen LogP contribution in [0.25, 0.3) is 22.0 Å². The number of methoxy groups -OCH3 is 2. The van der Waals surface area contributed by atoms with Crippen LogP contribution in [0.3, 0.4) is 0 Å². The molecule has 0 spiro atoms. The first-order chi connectivity index (χ1) is 9.80. The fourth-order valence-electron chi connectivity index (χ4n) is 2.18. The molecular formula is C17H15NO2. The topological polar surface area (TPSA) is 31.4 Å². The van der Waals surface area contributed by atoms with Crippen LogP contribution in [0.15, 0.2) is 54.7 Å². The largest absolute Gasteiger partial charge is 0.497 e. The lowest BCUT2D eigenvalue weighted by atomic mass is 10.1. The van der Waals surface area contributed by atoms with Crippen molar-refractivity contribution in [3.05, 3.63) is 54.7 Å². The average Bonchev–Trinajstić information content (AvgIpc) is 2.54. The van der Waals surface area contributed by atoms with E-state index in [0.29, 0.717) is 0 Å². The highest BCUT2D eigenvalue weighted by molar-refractivity contribution is 5.84. The Kier molecular flexibility index (Phi) is 3.25. The minimum atomic E-state index is 0.839. The van der Waals surface area contributed by atoms with Crippen molar-refractivity contribution in [2.75, 3.05) is 14.2 Å². The number of hydrogen-bond donors (Lipinski definition) is 0. The van der Waals surface area contributed by atoms with Gasteiger partial charge in [-0.15, -0.1) is 0 Å². The van der Waals surface area contributed by atoms with E-state index in [0.717, 1.165) is 33.5 Å². The summed E-state index contributed by atoms with van der Waals surface area (Å²) in [6.07, 6.45) is 1.89. The standard InChI is InChI=1S/C17H15NO2/c1-19-15-5-3-12(4-6-15)14-9-13-10-16(20-2)7-8-17(13)18-11-14/h3-11H,1-2H3. The lowest BCUT2D eigenvalue weighted by Gasteiger charge is -2.06. The SMILES string of the molecule is COc1ccc(-c2cnc3ccc(OC)cc3c2)cc1. The molecule has 0 aliphatic carbocycles. The molecule has 1 aromatic heterocycles. The minimum Gasteiger partial charge on any atom is -0.497 e. The Hall–Kier alpha value is -2.55. The molecule has 3 rings (SSSR count). The summed E-state index contributed by atoms with van der Waals surface area (Å²) in [6.45, 7) is 0. The number of fused-ring (bicyclic) bond motifs is 1. The first-order valence-electron chi connectivity index (χ1n) is 6.38. The second-order valence-electron chi connectivity index (χ2n) is 4.51. The molecule has 20 heavy (non-hydrogen) atoms. The molecule has 0 unspecified atom stereocenters. The van der Waals surface area contributed by atoms with Crippen LogP contribution in [0.5, 0.6) is 11.5 Å². The molecule has 0 aliphatic rings. The Balaban J connectivity index is 2.06. The maximum Gasteiger partial charge on any atom is 0.119 e. The van der Waals surface area contributed by atoms with Gasteiger partial charge in [-0.05, 0) is 42.0 Å². The van der Waals surface area contributed by atoms with Gasteiger partial charge in [0.15, 0.2) is 0 Å². The zero-order valence-electron chi connectivity index (χ0n) is 11.5. The van der Waals surface area contributed by atoms with E-state index >= 15 is 0 Å². The maximum atomic E-state index is 5.25. The van der Waals surface area contributed by atoms with Crippen LogP contribution < -0.4 is 9.47 Å². The lowest BCUT2D eigenvalue weighted by molar-refractivity contribution is 0.415. The molecule has 0 amide bonds. The van der Waals surface area contributed by atoms with Crippen molar-refractivity contribution in [1.82, 2.24) is 4.98 Å². The molecule has 0 N–H and O–H groups in total. The van der Waals surface area contributed by atoms with E-state index in [1.165, 1.54) is 0 Å². The Labute approximate surface area is 117 Å². The predicted octanol–water partition coefficient (Wildman–Crippen LogP) is 3.92. The molecule has 0 bridgehead atoms. The normalized spacial score (nSPS) is 10.5. The maximum absolute atomic E-state index is 5.25. The van der Waals surface area contributed by atoms with Crippen LogP contribution >= 0.6 is 0 Å². The van der Waals surface area contributed by atoms with Crippen molar-refractivity contribution in [2.24, 2.45) is 0 Å². The summed E-state index contributed by atoms with van der Waals surface area (Å²) < 4.78 is 10.4. The van der Waals surface area contributed by atoms with Gasteiger partial charge in [0.1, 0.15) is 11.5 Å².